The highest BCUT2D eigenvalue weighted by atomic mass is 16.7. The lowest BCUT2D eigenvalue weighted by Gasteiger charge is -2.63. The Morgan fingerprint density at radius 3 is 2.43 bits per heavy atom. The van der Waals surface area contributed by atoms with Crippen molar-refractivity contribution in [2.75, 3.05) is 13.2 Å². The maximum Gasteiger partial charge on any atom is 0.169 e. The fourth-order valence-electron chi connectivity index (χ4n) is 8.15. The first-order chi connectivity index (χ1) is 13.2. The zero-order chi connectivity index (χ0) is 19.9. The van der Waals surface area contributed by atoms with Crippen molar-refractivity contribution in [3.8, 4) is 0 Å². The fraction of sp³-hybridized carbons (Fsp3) is 0.913. The molecule has 0 amide bonds. The average molecular weight is 393 g/mol. The second kappa shape index (κ2) is 6.04. The first-order valence-corrected chi connectivity index (χ1v) is 11.2. The first-order valence-electron chi connectivity index (χ1n) is 11.2. The predicted octanol–water partition coefficient (Wildman–Crippen LogP) is 2.78. The van der Waals surface area contributed by atoms with Gasteiger partial charge in [0.25, 0.3) is 0 Å². The monoisotopic (exact) mass is 392 g/mol. The van der Waals surface area contributed by atoms with E-state index in [1.165, 1.54) is 5.57 Å². The summed E-state index contributed by atoms with van der Waals surface area (Å²) in [6.07, 6.45) is 7.02. The highest BCUT2D eigenvalue weighted by molar-refractivity contribution is 5.29. The van der Waals surface area contributed by atoms with Crippen molar-refractivity contribution >= 4 is 0 Å². The Bertz CT molecular complexity index is 684. The maximum absolute atomic E-state index is 12.2. The van der Waals surface area contributed by atoms with Gasteiger partial charge in [-0.3, -0.25) is 0 Å². The largest absolute Gasteiger partial charge is 0.393 e. The van der Waals surface area contributed by atoms with Gasteiger partial charge in [-0.15, -0.1) is 0 Å². The van der Waals surface area contributed by atoms with Crippen molar-refractivity contribution in [3.05, 3.63) is 11.6 Å². The number of fused-ring (bicyclic) bond motifs is 5. The van der Waals surface area contributed by atoms with Crippen molar-refractivity contribution in [3.63, 3.8) is 0 Å². The lowest BCUT2D eigenvalue weighted by atomic mass is 9.44. The van der Waals surface area contributed by atoms with E-state index >= 15 is 0 Å². The molecule has 4 fully saturated rings. The van der Waals surface area contributed by atoms with Crippen molar-refractivity contribution < 1.29 is 24.8 Å². The van der Waals surface area contributed by atoms with Gasteiger partial charge in [0.05, 0.1) is 31.0 Å². The molecule has 3 N–H and O–H groups in total. The number of rotatable bonds is 1. The molecule has 0 spiro atoms. The van der Waals surface area contributed by atoms with E-state index in [0.29, 0.717) is 26.1 Å². The molecule has 5 heteroatoms. The molecule has 0 aromatic heterocycles. The van der Waals surface area contributed by atoms with E-state index in [0.717, 1.165) is 32.1 Å². The van der Waals surface area contributed by atoms with Gasteiger partial charge >= 0.3 is 0 Å². The first kappa shape index (κ1) is 19.5. The molecule has 5 aliphatic rings. The molecule has 3 unspecified atom stereocenters. The van der Waals surface area contributed by atoms with Crippen molar-refractivity contribution in [2.24, 2.45) is 28.6 Å². The van der Waals surface area contributed by atoms with Crippen LogP contribution in [0.1, 0.15) is 65.7 Å². The highest BCUT2D eigenvalue weighted by Gasteiger charge is 2.72. The van der Waals surface area contributed by atoms with Gasteiger partial charge in [-0.2, -0.15) is 0 Å². The Labute approximate surface area is 168 Å². The molecule has 0 aromatic carbocycles. The second-order valence-electron chi connectivity index (χ2n) is 10.8. The number of hydrogen-bond acceptors (Lipinski definition) is 5. The van der Waals surface area contributed by atoms with Crippen LogP contribution in [0.3, 0.4) is 0 Å². The number of allylic oxidation sites excluding steroid dienone is 1. The molecule has 158 valence electrons. The molecular weight excluding hydrogens is 356 g/mol. The molecule has 28 heavy (non-hydrogen) atoms. The highest BCUT2D eigenvalue weighted by Crippen LogP contribution is 2.69. The summed E-state index contributed by atoms with van der Waals surface area (Å²) in [5.74, 6) is -0.346. The van der Waals surface area contributed by atoms with Crippen LogP contribution in [0.2, 0.25) is 0 Å². The Morgan fingerprint density at radius 2 is 1.71 bits per heavy atom. The summed E-state index contributed by atoms with van der Waals surface area (Å²) in [5, 5.41) is 33.9. The maximum atomic E-state index is 12.2. The van der Waals surface area contributed by atoms with E-state index in [-0.39, 0.29) is 29.3 Å². The normalized spacial score (nSPS) is 55.2. The molecule has 4 aliphatic carbocycles. The van der Waals surface area contributed by atoms with Gasteiger partial charge in [-0.25, -0.2) is 0 Å². The Morgan fingerprint density at radius 1 is 1.00 bits per heavy atom. The Balaban J connectivity index is 1.54. The van der Waals surface area contributed by atoms with Gasteiger partial charge in [0.2, 0.25) is 0 Å². The number of hydrogen-bond donors (Lipinski definition) is 3. The average Bonchev–Trinajstić information content (AvgIpc) is 3.20. The van der Waals surface area contributed by atoms with Crippen LogP contribution < -0.4 is 0 Å². The van der Waals surface area contributed by atoms with E-state index in [9.17, 15) is 15.3 Å². The van der Waals surface area contributed by atoms with Crippen molar-refractivity contribution in [1.29, 1.82) is 0 Å². The van der Waals surface area contributed by atoms with Gasteiger partial charge in [-0.1, -0.05) is 25.5 Å². The SMILES string of the molecule is CC1([C@H]2CCC3(O)[C@@H]4CC=C5CC(O)CC[C@]5(C)[C@H]4CC(O)[C@]23C)OCCO1. The third-order valence-corrected chi connectivity index (χ3v) is 9.86. The molecule has 5 rings (SSSR count). The van der Waals surface area contributed by atoms with Crippen LogP contribution in [0.5, 0.6) is 0 Å². The third kappa shape index (κ3) is 2.26. The van der Waals surface area contributed by atoms with Gasteiger partial charge in [0, 0.05) is 11.3 Å². The van der Waals surface area contributed by atoms with E-state index in [2.05, 4.69) is 19.9 Å². The smallest absolute Gasteiger partial charge is 0.169 e. The van der Waals surface area contributed by atoms with Crippen LogP contribution in [0.25, 0.3) is 0 Å². The molecule has 8 atom stereocenters. The van der Waals surface area contributed by atoms with Gasteiger partial charge in [0.15, 0.2) is 5.79 Å². The number of aliphatic hydroxyl groups excluding tert-OH is 2. The lowest BCUT2D eigenvalue weighted by molar-refractivity contribution is -0.273. The number of aliphatic hydroxyl groups is 3. The summed E-state index contributed by atoms with van der Waals surface area (Å²) in [5.41, 5.74) is -0.235. The molecular formula is C23H36O5. The van der Waals surface area contributed by atoms with E-state index in [1.807, 2.05) is 6.92 Å². The summed E-state index contributed by atoms with van der Waals surface area (Å²) in [7, 11) is 0. The molecule has 1 heterocycles. The Hall–Kier alpha value is -0.460. The molecule has 0 bridgehead atoms. The quantitative estimate of drug-likeness (QED) is 0.598. The fourth-order valence-corrected chi connectivity index (χ4v) is 8.15. The minimum atomic E-state index is -0.917. The standard InChI is InChI=1S/C23H36O5/c1-20-8-6-15(24)12-14(20)4-5-16-17(20)13-19(25)21(2)18(7-9-23(16,21)26)22(3)27-10-11-28-22/h4,15-19,24-26H,5-13H2,1-3H3/t15?,16-,17+,18+,19?,20+,21+,23?/m1/s1. The molecule has 0 aromatic rings. The van der Waals surface area contributed by atoms with Crippen LogP contribution >= 0.6 is 0 Å². The summed E-state index contributed by atoms with van der Waals surface area (Å²) < 4.78 is 12.0. The summed E-state index contributed by atoms with van der Waals surface area (Å²) in [6.45, 7) is 7.53. The zero-order valence-corrected chi connectivity index (χ0v) is 17.5. The topological polar surface area (TPSA) is 79.2 Å². The predicted molar refractivity (Wildman–Crippen MR) is 104 cm³/mol. The van der Waals surface area contributed by atoms with E-state index in [1.54, 1.807) is 0 Å². The summed E-state index contributed by atoms with van der Waals surface area (Å²) in [6, 6.07) is 0. The molecule has 5 nitrogen and oxygen atoms in total. The zero-order valence-electron chi connectivity index (χ0n) is 17.5. The van der Waals surface area contributed by atoms with Crippen LogP contribution in [-0.4, -0.2) is 52.1 Å². The van der Waals surface area contributed by atoms with E-state index in [4.69, 9.17) is 9.47 Å². The van der Waals surface area contributed by atoms with Crippen molar-refractivity contribution in [2.45, 2.75) is 89.3 Å². The van der Waals surface area contributed by atoms with Crippen molar-refractivity contribution in [1.82, 2.24) is 0 Å². The van der Waals surface area contributed by atoms with Crippen LogP contribution in [0, 0.1) is 28.6 Å². The van der Waals surface area contributed by atoms with Gasteiger partial charge in [-0.05, 0) is 69.1 Å². The summed E-state index contributed by atoms with van der Waals surface area (Å²) >= 11 is 0. The lowest BCUT2D eigenvalue weighted by Crippen LogP contribution is -2.67. The second-order valence-corrected chi connectivity index (χ2v) is 10.8. The van der Waals surface area contributed by atoms with Crippen LogP contribution in [0.4, 0.5) is 0 Å². The Kier molecular flexibility index (Phi) is 4.21. The van der Waals surface area contributed by atoms with Gasteiger partial charge in [0.1, 0.15) is 0 Å². The molecule has 1 saturated heterocycles. The third-order valence-electron chi connectivity index (χ3n) is 9.86. The molecule has 0 radical (unpaired) electrons. The minimum absolute atomic E-state index is 0.0187. The molecule has 1 aliphatic heterocycles. The van der Waals surface area contributed by atoms with Crippen LogP contribution in [-0.2, 0) is 9.47 Å². The van der Waals surface area contributed by atoms with E-state index < -0.39 is 22.9 Å². The van der Waals surface area contributed by atoms with Gasteiger partial charge < -0.3 is 24.8 Å². The molecule has 3 saturated carbocycles. The number of ether oxygens (including phenoxy) is 2. The van der Waals surface area contributed by atoms with Crippen LogP contribution in [0.15, 0.2) is 11.6 Å². The minimum Gasteiger partial charge on any atom is -0.393 e. The summed E-state index contributed by atoms with van der Waals surface area (Å²) in [4.78, 5) is 0.